The van der Waals surface area contributed by atoms with Crippen LogP contribution in [0.4, 0.5) is 0 Å². The molecule has 0 saturated carbocycles. The van der Waals surface area contributed by atoms with E-state index >= 15 is 0 Å². The Kier molecular flexibility index (Phi) is 2.73. The summed E-state index contributed by atoms with van der Waals surface area (Å²) >= 11 is 0. The normalized spacial score (nSPS) is 17.9. The Morgan fingerprint density at radius 2 is 2.27 bits per heavy atom. The van der Waals surface area contributed by atoms with E-state index in [0.29, 0.717) is 11.6 Å². The number of carbonyl (C=O) groups is 1. The van der Waals surface area contributed by atoms with Crippen molar-refractivity contribution in [1.29, 1.82) is 0 Å². The van der Waals surface area contributed by atoms with Crippen LogP contribution in [0.5, 0.6) is 0 Å². The highest BCUT2D eigenvalue weighted by atomic mass is 16.5. The smallest absolute Gasteiger partial charge is 0.252 e. The largest absolute Gasteiger partial charge is 0.381 e. The third kappa shape index (κ3) is 1.87. The van der Waals surface area contributed by atoms with E-state index in [1.54, 1.807) is 6.20 Å². The molecule has 1 aliphatic rings. The lowest BCUT2D eigenvalue weighted by atomic mass is 10.1. The molecule has 0 aliphatic carbocycles. The minimum absolute atomic E-state index is 0.340. The summed E-state index contributed by atoms with van der Waals surface area (Å²) < 4.78 is 7.17. The molecular formula is C10H15N3O2. The molecule has 5 nitrogen and oxygen atoms in total. The molecule has 0 spiro atoms. The standard InChI is InChI=1S/C10H15N3O2/c1-7-9(10(11)14)6-12-13(7)8-2-4-15-5-3-8/h6,8H,2-5H2,1H3,(H2,11,14). The fourth-order valence-electron chi connectivity index (χ4n) is 1.96. The van der Waals surface area contributed by atoms with Crippen molar-refractivity contribution in [2.24, 2.45) is 5.73 Å². The van der Waals surface area contributed by atoms with Gasteiger partial charge < -0.3 is 10.5 Å². The number of rotatable bonds is 2. The molecule has 15 heavy (non-hydrogen) atoms. The fourth-order valence-corrected chi connectivity index (χ4v) is 1.96. The Bertz CT molecular complexity index is 367. The molecule has 1 aromatic heterocycles. The third-order valence-electron chi connectivity index (χ3n) is 2.85. The number of amides is 1. The summed E-state index contributed by atoms with van der Waals surface area (Å²) in [7, 11) is 0. The minimum atomic E-state index is -0.411. The summed E-state index contributed by atoms with van der Waals surface area (Å²) in [4.78, 5) is 11.1. The molecule has 1 fully saturated rings. The number of nitrogens with zero attached hydrogens (tertiary/aromatic N) is 2. The number of primary amides is 1. The lowest BCUT2D eigenvalue weighted by molar-refractivity contribution is 0.0656. The van der Waals surface area contributed by atoms with E-state index in [2.05, 4.69) is 5.10 Å². The van der Waals surface area contributed by atoms with Crippen molar-refractivity contribution in [3.05, 3.63) is 17.5 Å². The van der Waals surface area contributed by atoms with Crippen LogP contribution in [0.25, 0.3) is 0 Å². The van der Waals surface area contributed by atoms with Crippen LogP contribution in [0.2, 0.25) is 0 Å². The van der Waals surface area contributed by atoms with E-state index in [9.17, 15) is 4.79 Å². The van der Waals surface area contributed by atoms with Gasteiger partial charge in [-0.25, -0.2) is 0 Å². The van der Waals surface area contributed by atoms with Crippen LogP contribution in [0.1, 0.15) is 34.9 Å². The predicted molar refractivity (Wildman–Crippen MR) is 54.6 cm³/mol. The molecule has 1 amide bonds. The molecule has 2 heterocycles. The molecule has 82 valence electrons. The highest BCUT2D eigenvalue weighted by Gasteiger charge is 2.20. The molecular weight excluding hydrogens is 194 g/mol. The van der Waals surface area contributed by atoms with Crippen molar-refractivity contribution in [2.45, 2.75) is 25.8 Å². The van der Waals surface area contributed by atoms with Gasteiger partial charge in [-0.1, -0.05) is 0 Å². The summed E-state index contributed by atoms with van der Waals surface area (Å²) in [6.45, 7) is 3.40. The highest BCUT2D eigenvalue weighted by Crippen LogP contribution is 2.22. The maximum absolute atomic E-state index is 11.1. The van der Waals surface area contributed by atoms with Crippen LogP contribution >= 0.6 is 0 Å². The molecule has 0 atom stereocenters. The summed E-state index contributed by atoms with van der Waals surface area (Å²) in [6, 6.07) is 0.340. The first-order chi connectivity index (χ1) is 7.20. The number of aromatic nitrogens is 2. The summed E-state index contributed by atoms with van der Waals surface area (Å²) in [5.74, 6) is -0.411. The number of carbonyl (C=O) groups excluding carboxylic acids is 1. The van der Waals surface area contributed by atoms with Gasteiger partial charge in [0.15, 0.2) is 0 Å². The second-order valence-electron chi connectivity index (χ2n) is 3.80. The van der Waals surface area contributed by atoms with Gasteiger partial charge in [0.25, 0.3) is 5.91 Å². The van der Waals surface area contributed by atoms with Crippen LogP contribution in [0, 0.1) is 6.92 Å². The van der Waals surface area contributed by atoms with Crippen LogP contribution in [0.3, 0.4) is 0 Å². The number of ether oxygens (including phenoxy) is 1. The van der Waals surface area contributed by atoms with E-state index in [-0.39, 0.29) is 0 Å². The zero-order chi connectivity index (χ0) is 10.8. The van der Waals surface area contributed by atoms with Gasteiger partial charge in [-0.2, -0.15) is 5.10 Å². The first kappa shape index (κ1) is 10.2. The van der Waals surface area contributed by atoms with E-state index in [1.807, 2.05) is 11.6 Å². The molecule has 0 aromatic carbocycles. The van der Waals surface area contributed by atoms with Crippen molar-refractivity contribution in [2.75, 3.05) is 13.2 Å². The third-order valence-corrected chi connectivity index (χ3v) is 2.85. The summed E-state index contributed by atoms with van der Waals surface area (Å²) in [5, 5.41) is 4.22. The van der Waals surface area contributed by atoms with Crippen LogP contribution in [0.15, 0.2) is 6.20 Å². The Hall–Kier alpha value is -1.36. The Morgan fingerprint density at radius 1 is 1.60 bits per heavy atom. The van der Waals surface area contributed by atoms with E-state index < -0.39 is 5.91 Å². The molecule has 1 aromatic rings. The average Bonchev–Trinajstić information content (AvgIpc) is 2.61. The second kappa shape index (κ2) is 4.02. The molecule has 2 rings (SSSR count). The molecule has 1 saturated heterocycles. The van der Waals surface area contributed by atoms with Gasteiger partial charge in [-0.15, -0.1) is 0 Å². The Morgan fingerprint density at radius 3 is 2.80 bits per heavy atom. The fraction of sp³-hybridized carbons (Fsp3) is 0.600. The Balaban J connectivity index is 2.24. The molecule has 0 radical (unpaired) electrons. The minimum Gasteiger partial charge on any atom is -0.381 e. The second-order valence-corrected chi connectivity index (χ2v) is 3.80. The van der Waals surface area contributed by atoms with Crippen molar-refractivity contribution in [3.63, 3.8) is 0 Å². The van der Waals surface area contributed by atoms with Gasteiger partial charge in [0.05, 0.1) is 17.8 Å². The van der Waals surface area contributed by atoms with Crippen LogP contribution in [-0.4, -0.2) is 28.9 Å². The van der Waals surface area contributed by atoms with Crippen LogP contribution in [-0.2, 0) is 4.74 Å². The number of nitrogens with two attached hydrogens (primary N) is 1. The monoisotopic (exact) mass is 209 g/mol. The molecule has 2 N–H and O–H groups in total. The SMILES string of the molecule is Cc1c(C(N)=O)cnn1C1CCOCC1. The maximum atomic E-state index is 11.1. The molecule has 5 heteroatoms. The lowest BCUT2D eigenvalue weighted by Crippen LogP contribution is -2.22. The topological polar surface area (TPSA) is 70.1 Å². The van der Waals surface area contributed by atoms with Gasteiger partial charge in [-0.3, -0.25) is 9.48 Å². The number of hydrogen-bond donors (Lipinski definition) is 1. The van der Waals surface area contributed by atoms with Gasteiger partial charge in [-0.05, 0) is 19.8 Å². The zero-order valence-electron chi connectivity index (χ0n) is 8.77. The van der Waals surface area contributed by atoms with Crippen LogP contribution < -0.4 is 5.73 Å². The zero-order valence-corrected chi connectivity index (χ0v) is 8.77. The molecule has 0 bridgehead atoms. The van der Waals surface area contributed by atoms with Gasteiger partial charge in [0.1, 0.15) is 0 Å². The van der Waals surface area contributed by atoms with Crippen molar-refractivity contribution in [3.8, 4) is 0 Å². The Labute approximate surface area is 88.2 Å². The van der Waals surface area contributed by atoms with Crippen molar-refractivity contribution < 1.29 is 9.53 Å². The van der Waals surface area contributed by atoms with Gasteiger partial charge in [0.2, 0.25) is 0 Å². The predicted octanol–water partition coefficient (Wildman–Crippen LogP) is 0.642. The van der Waals surface area contributed by atoms with Gasteiger partial charge >= 0.3 is 0 Å². The highest BCUT2D eigenvalue weighted by molar-refractivity contribution is 5.93. The molecule has 1 aliphatic heterocycles. The maximum Gasteiger partial charge on any atom is 0.252 e. The lowest BCUT2D eigenvalue weighted by Gasteiger charge is -2.23. The first-order valence-electron chi connectivity index (χ1n) is 5.12. The van der Waals surface area contributed by atoms with Crippen molar-refractivity contribution in [1.82, 2.24) is 9.78 Å². The van der Waals surface area contributed by atoms with Crippen molar-refractivity contribution >= 4 is 5.91 Å². The van der Waals surface area contributed by atoms with Gasteiger partial charge in [0, 0.05) is 18.9 Å². The van der Waals surface area contributed by atoms with E-state index in [4.69, 9.17) is 10.5 Å². The summed E-state index contributed by atoms with van der Waals surface area (Å²) in [6.07, 6.45) is 3.44. The number of hydrogen-bond acceptors (Lipinski definition) is 3. The average molecular weight is 209 g/mol. The van der Waals surface area contributed by atoms with E-state index in [1.165, 1.54) is 0 Å². The summed E-state index contributed by atoms with van der Waals surface area (Å²) in [5.41, 5.74) is 6.61. The molecule has 0 unspecified atom stereocenters. The quantitative estimate of drug-likeness (QED) is 0.777. The first-order valence-corrected chi connectivity index (χ1v) is 5.12. The van der Waals surface area contributed by atoms with E-state index in [0.717, 1.165) is 31.7 Å².